The normalized spacial score (nSPS) is 14.7. The second kappa shape index (κ2) is 14.5. The van der Waals surface area contributed by atoms with Gasteiger partial charge in [-0.2, -0.15) is 21.0 Å². The Kier molecular flexibility index (Phi) is 9.54. The average Bonchev–Trinajstić information content (AvgIpc) is 4.08. The van der Waals surface area contributed by atoms with Gasteiger partial charge in [0.2, 0.25) is 0 Å². The topological polar surface area (TPSA) is 129 Å². The highest BCUT2D eigenvalue weighted by Crippen LogP contribution is 2.49. The number of thiophene rings is 4. The van der Waals surface area contributed by atoms with Crippen LogP contribution >= 0.6 is 45.3 Å². The van der Waals surface area contributed by atoms with Crippen LogP contribution in [-0.4, -0.2) is 11.6 Å². The average molecular weight is 809 g/mol. The molecule has 2 aromatic carbocycles. The van der Waals surface area contributed by atoms with Crippen molar-refractivity contribution in [2.75, 3.05) is 0 Å². The van der Waals surface area contributed by atoms with Crippen LogP contribution in [0.1, 0.15) is 76.3 Å². The zero-order valence-electron chi connectivity index (χ0n) is 31.0. The maximum Gasteiger partial charge on any atom is 0.194 e. The SMILES string of the molecule is Cc1cc(C(C)(C)c2cc(C)c(-c3ccc(/C=C4\C(=O)c5ccccc5C4=C(C#N)C#N)s3)s2)sc1-c1ccc(/C=C2\C(=O)c3ccccc3C2=C(C#N)C#N)s1. The highest BCUT2D eigenvalue weighted by atomic mass is 32.1. The number of Topliss-reactive ketones (excluding diaryl/α,β-unsaturated/α-hetero) is 2. The molecule has 4 aromatic heterocycles. The van der Waals surface area contributed by atoms with Crippen LogP contribution in [0.15, 0.2) is 107 Å². The van der Waals surface area contributed by atoms with Gasteiger partial charge in [0, 0.05) is 77.9 Å². The first-order valence-electron chi connectivity index (χ1n) is 17.7. The number of nitrogens with zero attached hydrogens (tertiary/aromatic N) is 4. The van der Waals surface area contributed by atoms with E-state index in [-0.39, 0.29) is 28.1 Å². The molecule has 0 fully saturated rings. The number of aryl methyl sites for hydroxylation is 2. The first-order chi connectivity index (χ1) is 27.5. The molecule has 10 heteroatoms. The molecule has 0 amide bonds. The summed E-state index contributed by atoms with van der Waals surface area (Å²) >= 11 is 6.65. The number of benzene rings is 2. The summed E-state index contributed by atoms with van der Waals surface area (Å²) in [7, 11) is 0. The molecular weight excluding hydrogens is 781 g/mol. The van der Waals surface area contributed by atoms with E-state index in [1.165, 1.54) is 9.75 Å². The zero-order valence-corrected chi connectivity index (χ0v) is 34.2. The van der Waals surface area contributed by atoms with Gasteiger partial charge in [-0.05, 0) is 84.7 Å². The van der Waals surface area contributed by atoms with Crippen molar-refractivity contribution in [2.24, 2.45) is 0 Å². The fourth-order valence-electron chi connectivity index (χ4n) is 7.27. The molecular formula is C47H28N4O2S4. The summed E-state index contributed by atoms with van der Waals surface area (Å²) < 4.78 is 0. The van der Waals surface area contributed by atoms with Gasteiger partial charge in [0.15, 0.2) is 11.6 Å². The molecule has 0 N–H and O–H groups in total. The van der Waals surface area contributed by atoms with Gasteiger partial charge in [0.25, 0.3) is 0 Å². The first kappa shape index (κ1) is 37.4. The minimum Gasteiger partial charge on any atom is -0.289 e. The van der Waals surface area contributed by atoms with Crippen LogP contribution in [0.4, 0.5) is 0 Å². The van der Waals surface area contributed by atoms with Gasteiger partial charge in [-0.3, -0.25) is 9.59 Å². The van der Waals surface area contributed by atoms with Crippen molar-refractivity contribution in [1.29, 1.82) is 21.0 Å². The first-order valence-corrected chi connectivity index (χ1v) is 21.0. The second-order valence-corrected chi connectivity index (χ2v) is 18.4. The molecule has 0 radical (unpaired) electrons. The molecule has 0 aliphatic heterocycles. The third-order valence-electron chi connectivity index (χ3n) is 10.2. The standard InChI is InChI=1S/C47H28N4O2S4/c1-25-17-39(56-45(25)37-15-13-29(54-37)19-35-41(27(21-48)22-49)31-9-5-7-11-33(31)43(35)52)47(3,4)40-18-26(2)46(57-40)38-16-14-30(55-38)20-36-42(28(23-50)24-51)32-10-6-8-12-34(32)44(36)53/h5-20H,1-4H3/b35-19-,36-20-. The van der Waals surface area contributed by atoms with Crippen molar-refractivity contribution in [3.8, 4) is 43.8 Å². The number of allylic oxidation sites excluding steroid dienone is 6. The number of fused-ring (bicyclic) bond motifs is 2. The predicted molar refractivity (Wildman–Crippen MR) is 231 cm³/mol. The van der Waals surface area contributed by atoms with E-state index in [4.69, 9.17) is 0 Å². The molecule has 2 aliphatic carbocycles. The van der Waals surface area contributed by atoms with Crippen LogP contribution < -0.4 is 0 Å². The van der Waals surface area contributed by atoms with Crippen LogP contribution in [-0.2, 0) is 5.41 Å². The van der Waals surface area contributed by atoms with Gasteiger partial charge >= 0.3 is 0 Å². The van der Waals surface area contributed by atoms with Crippen molar-refractivity contribution in [1.82, 2.24) is 0 Å². The van der Waals surface area contributed by atoms with E-state index in [1.54, 1.807) is 106 Å². The lowest BCUT2D eigenvalue weighted by Crippen LogP contribution is -2.15. The molecule has 2 aliphatic rings. The van der Waals surface area contributed by atoms with E-state index in [9.17, 15) is 30.6 Å². The van der Waals surface area contributed by atoms with E-state index in [1.807, 2.05) is 36.4 Å². The maximum atomic E-state index is 13.5. The lowest BCUT2D eigenvalue weighted by atomic mass is 9.89. The Bertz CT molecular complexity index is 2810. The smallest absolute Gasteiger partial charge is 0.194 e. The Morgan fingerprint density at radius 1 is 0.544 bits per heavy atom. The van der Waals surface area contributed by atoms with Gasteiger partial charge in [-0.15, -0.1) is 45.3 Å². The minimum absolute atomic E-state index is 0.0776. The molecule has 0 unspecified atom stereocenters. The van der Waals surface area contributed by atoms with E-state index < -0.39 is 0 Å². The molecule has 6 aromatic rings. The quantitative estimate of drug-likeness (QED) is 0.122. The Labute approximate surface area is 345 Å². The number of ketones is 2. The summed E-state index contributed by atoms with van der Waals surface area (Å²) in [4.78, 5) is 35.5. The molecule has 57 heavy (non-hydrogen) atoms. The summed E-state index contributed by atoms with van der Waals surface area (Å²) in [5, 5.41) is 38.9. The third kappa shape index (κ3) is 6.27. The lowest BCUT2D eigenvalue weighted by molar-refractivity contribution is 0.103. The summed E-state index contributed by atoms with van der Waals surface area (Å²) in [6.45, 7) is 8.71. The highest BCUT2D eigenvalue weighted by Gasteiger charge is 2.34. The van der Waals surface area contributed by atoms with E-state index >= 15 is 0 Å². The molecule has 0 spiro atoms. The zero-order chi connectivity index (χ0) is 40.2. The van der Waals surface area contributed by atoms with Crippen molar-refractivity contribution in [3.63, 3.8) is 0 Å². The van der Waals surface area contributed by atoms with E-state index in [0.29, 0.717) is 44.5 Å². The Balaban J connectivity index is 1.08. The van der Waals surface area contributed by atoms with Crippen LogP contribution in [0.5, 0.6) is 0 Å². The number of rotatable bonds is 6. The van der Waals surface area contributed by atoms with Crippen molar-refractivity contribution in [2.45, 2.75) is 33.1 Å². The Hall–Kier alpha value is -6.50. The number of carbonyl (C=O) groups excluding carboxylic acids is 2. The monoisotopic (exact) mass is 808 g/mol. The largest absolute Gasteiger partial charge is 0.289 e. The van der Waals surface area contributed by atoms with Gasteiger partial charge in [0.1, 0.15) is 35.4 Å². The van der Waals surface area contributed by atoms with Gasteiger partial charge in [-0.1, -0.05) is 62.4 Å². The molecule has 0 bridgehead atoms. The van der Waals surface area contributed by atoms with E-state index in [0.717, 1.165) is 40.4 Å². The summed E-state index contributed by atoms with van der Waals surface area (Å²) in [6.07, 6.45) is 3.60. The van der Waals surface area contributed by atoms with Crippen LogP contribution in [0.25, 0.3) is 42.8 Å². The Morgan fingerprint density at radius 2 is 0.912 bits per heavy atom. The highest BCUT2D eigenvalue weighted by molar-refractivity contribution is 7.24. The third-order valence-corrected chi connectivity index (χ3v) is 15.7. The molecule has 4 heterocycles. The number of hydrogen-bond acceptors (Lipinski definition) is 10. The summed E-state index contributed by atoms with van der Waals surface area (Å²) in [5.41, 5.74) is 5.56. The fraction of sp³-hybridized carbons (Fsp3) is 0.106. The van der Waals surface area contributed by atoms with Crippen molar-refractivity contribution >= 4 is 80.2 Å². The maximum absolute atomic E-state index is 13.5. The van der Waals surface area contributed by atoms with Crippen molar-refractivity contribution in [3.05, 3.63) is 160 Å². The number of hydrogen-bond donors (Lipinski definition) is 0. The molecule has 0 saturated carbocycles. The van der Waals surface area contributed by atoms with E-state index in [2.05, 4.69) is 52.0 Å². The minimum atomic E-state index is -0.301. The number of carbonyl (C=O) groups is 2. The molecule has 272 valence electrons. The predicted octanol–water partition coefficient (Wildman–Crippen LogP) is 12.4. The van der Waals surface area contributed by atoms with Gasteiger partial charge in [-0.25, -0.2) is 0 Å². The van der Waals surface area contributed by atoms with Crippen LogP contribution in [0, 0.1) is 59.2 Å². The van der Waals surface area contributed by atoms with Crippen LogP contribution in [0.3, 0.4) is 0 Å². The lowest BCUT2D eigenvalue weighted by Gasteiger charge is -2.21. The number of nitriles is 4. The second-order valence-electron chi connectivity index (χ2n) is 14.1. The summed E-state index contributed by atoms with van der Waals surface area (Å²) in [6, 6.07) is 34.7. The molecule has 6 nitrogen and oxygen atoms in total. The molecule has 0 saturated heterocycles. The molecule has 0 atom stereocenters. The summed E-state index contributed by atoms with van der Waals surface area (Å²) in [5.74, 6) is -0.385. The van der Waals surface area contributed by atoms with Gasteiger partial charge < -0.3 is 0 Å². The molecule has 8 rings (SSSR count). The fourth-order valence-corrected chi connectivity index (χ4v) is 12.2. The van der Waals surface area contributed by atoms with Crippen molar-refractivity contribution < 1.29 is 9.59 Å². The van der Waals surface area contributed by atoms with Crippen LogP contribution in [0.2, 0.25) is 0 Å². The van der Waals surface area contributed by atoms with Gasteiger partial charge in [0.05, 0.1) is 0 Å². The Morgan fingerprint density at radius 3 is 1.28 bits per heavy atom.